The molecule has 0 saturated heterocycles. The molecular formula is C28H23N5O4. The maximum absolute atomic E-state index is 12.3. The van der Waals surface area contributed by atoms with Gasteiger partial charge in [-0.25, -0.2) is 15.2 Å². The third-order valence-corrected chi connectivity index (χ3v) is 6.06. The number of nitrogens with zero attached hydrogens (tertiary/aromatic N) is 3. The van der Waals surface area contributed by atoms with Crippen LogP contribution in [0.2, 0.25) is 0 Å². The van der Waals surface area contributed by atoms with Gasteiger partial charge in [0.2, 0.25) is 10.9 Å². The lowest BCUT2D eigenvalue weighted by Crippen LogP contribution is -2.55. The van der Waals surface area contributed by atoms with Crippen LogP contribution in [0.15, 0.2) is 101 Å². The molecule has 9 heteroatoms. The molecule has 1 atom stereocenters. The molecule has 5 rings (SSSR count). The van der Waals surface area contributed by atoms with Gasteiger partial charge in [-0.05, 0) is 41.3 Å². The van der Waals surface area contributed by atoms with Crippen molar-refractivity contribution in [2.45, 2.75) is 19.0 Å². The van der Waals surface area contributed by atoms with E-state index >= 15 is 0 Å². The van der Waals surface area contributed by atoms with Crippen LogP contribution in [-0.4, -0.2) is 27.1 Å². The Morgan fingerprint density at radius 1 is 0.919 bits per heavy atom. The molecule has 0 aliphatic rings. The van der Waals surface area contributed by atoms with E-state index in [1.54, 1.807) is 24.5 Å². The van der Waals surface area contributed by atoms with Crippen LogP contribution in [0.1, 0.15) is 11.3 Å². The van der Waals surface area contributed by atoms with Crippen molar-refractivity contribution in [1.29, 1.82) is 0 Å². The fraction of sp³-hybridized carbons (Fsp3) is 0.107. The highest BCUT2D eigenvalue weighted by molar-refractivity contribution is 5.93. The van der Waals surface area contributed by atoms with Crippen LogP contribution in [0.4, 0.5) is 17.2 Å². The lowest BCUT2D eigenvalue weighted by Gasteiger charge is -2.31. The predicted molar refractivity (Wildman–Crippen MR) is 142 cm³/mol. The first-order valence-corrected chi connectivity index (χ1v) is 11.6. The molecule has 0 aliphatic heterocycles. The van der Waals surface area contributed by atoms with Crippen molar-refractivity contribution in [3.05, 3.63) is 123 Å². The Bertz CT molecular complexity index is 1610. The third-order valence-electron chi connectivity index (χ3n) is 6.06. The summed E-state index contributed by atoms with van der Waals surface area (Å²) in [5.41, 5.74) is 3.83. The second kappa shape index (κ2) is 10.4. The fourth-order valence-electron chi connectivity index (χ4n) is 4.11. The van der Waals surface area contributed by atoms with Crippen LogP contribution in [0.25, 0.3) is 10.8 Å². The quantitative estimate of drug-likeness (QED) is 0.199. The van der Waals surface area contributed by atoms with Crippen LogP contribution in [-0.2, 0) is 17.8 Å². The number of aromatic nitrogens is 2. The molecule has 2 heterocycles. The SMILES string of the molecule is O=C(O)C(Cc1ccc(Nc2nccc3ccccc23)cc1)N(NCc1ccccn1)c1cc(=O)c1=O. The summed E-state index contributed by atoms with van der Waals surface area (Å²) in [5, 5.41) is 16.7. The summed E-state index contributed by atoms with van der Waals surface area (Å²) in [6.07, 6.45) is 3.46. The summed E-state index contributed by atoms with van der Waals surface area (Å²) in [4.78, 5) is 44.7. The molecule has 0 aliphatic carbocycles. The van der Waals surface area contributed by atoms with E-state index in [0.717, 1.165) is 33.9 Å². The van der Waals surface area contributed by atoms with Crippen LogP contribution in [0.5, 0.6) is 0 Å². The van der Waals surface area contributed by atoms with E-state index in [1.807, 2.05) is 60.7 Å². The Kier molecular flexibility index (Phi) is 6.69. The Hall–Kier alpha value is -4.89. The van der Waals surface area contributed by atoms with E-state index in [-0.39, 0.29) is 18.7 Å². The van der Waals surface area contributed by atoms with E-state index in [4.69, 9.17) is 0 Å². The van der Waals surface area contributed by atoms with Gasteiger partial charge in [0, 0.05) is 36.0 Å². The van der Waals surface area contributed by atoms with Crippen LogP contribution in [0.3, 0.4) is 0 Å². The second-order valence-electron chi connectivity index (χ2n) is 8.51. The molecule has 0 fully saturated rings. The number of carboxylic acids is 1. The first kappa shape index (κ1) is 23.8. The minimum Gasteiger partial charge on any atom is -0.480 e. The molecule has 3 N–H and O–H groups in total. The van der Waals surface area contributed by atoms with Crippen LogP contribution < -0.4 is 26.6 Å². The van der Waals surface area contributed by atoms with Crippen molar-refractivity contribution in [3.8, 4) is 0 Å². The Morgan fingerprint density at radius 2 is 1.70 bits per heavy atom. The first-order chi connectivity index (χ1) is 18.0. The van der Waals surface area contributed by atoms with Crippen molar-refractivity contribution in [3.63, 3.8) is 0 Å². The van der Waals surface area contributed by atoms with Gasteiger partial charge in [-0.1, -0.05) is 42.5 Å². The summed E-state index contributed by atoms with van der Waals surface area (Å²) >= 11 is 0. The van der Waals surface area contributed by atoms with Gasteiger partial charge < -0.3 is 10.4 Å². The van der Waals surface area contributed by atoms with Gasteiger partial charge in [-0.3, -0.25) is 19.6 Å². The van der Waals surface area contributed by atoms with Crippen molar-refractivity contribution in [1.82, 2.24) is 15.4 Å². The monoisotopic (exact) mass is 493 g/mol. The van der Waals surface area contributed by atoms with Gasteiger partial charge >= 0.3 is 5.97 Å². The number of rotatable bonds is 10. The van der Waals surface area contributed by atoms with Crippen LogP contribution >= 0.6 is 0 Å². The van der Waals surface area contributed by atoms with E-state index in [9.17, 15) is 19.5 Å². The minimum absolute atomic E-state index is 0.0219. The average Bonchev–Trinajstić information content (AvgIpc) is 2.93. The van der Waals surface area contributed by atoms with Gasteiger partial charge in [-0.2, -0.15) is 0 Å². The van der Waals surface area contributed by atoms with E-state index in [0.29, 0.717) is 5.69 Å². The molecule has 0 bridgehead atoms. The van der Waals surface area contributed by atoms with Crippen molar-refractivity contribution in [2.75, 3.05) is 10.3 Å². The summed E-state index contributed by atoms with van der Waals surface area (Å²) in [6.45, 7) is 0.185. The van der Waals surface area contributed by atoms with Crippen LogP contribution in [0, 0.1) is 0 Å². The van der Waals surface area contributed by atoms with Crippen molar-refractivity contribution < 1.29 is 9.90 Å². The van der Waals surface area contributed by atoms with Gasteiger partial charge in [0.25, 0.3) is 0 Å². The average molecular weight is 494 g/mol. The molecule has 9 nitrogen and oxygen atoms in total. The topological polar surface area (TPSA) is 125 Å². The van der Waals surface area contributed by atoms with Gasteiger partial charge in [0.05, 0.1) is 12.2 Å². The maximum Gasteiger partial charge on any atom is 0.328 e. The number of anilines is 3. The zero-order valence-electron chi connectivity index (χ0n) is 19.7. The number of aliphatic carboxylic acids is 1. The van der Waals surface area contributed by atoms with Gasteiger partial charge in [0.15, 0.2) is 0 Å². The highest BCUT2D eigenvalue weighted by Gasteiger charge is 2.30. The molecule has 0 amide bonds. The molecule has 0 spiro atoms. The molecule has 37 heavy (non-hydrogen) atoms. The summed E-state index contributed by atoms with van der Waals surface area (Å²) < 4.78 is 0. The number of carboxylic acid groups (broad SMARTS) is 1. The van der Waals surface area contributed by atoms with Crippen molar-refractivity contribution in [2.24, 2.45) is 0 Å². The Balaban J connectivity index is 1.35. The Morgan fingerprint density at radius 3 is 2.41 bits per heavy atom. The minimum atomic E-state index is -1.14. The zero-order chi connectivity index (χ0) is 25.8. The molecule has 3 aromatic carbocycles. The summed E-state index contributed by atoms with van der Waals surface area (Å²) in [6, 6.07) is 22.6. The molecule has 1 unspecified atom stereocenters. The maximum atomic E-state index is 12.3. The second-order valence-corrected chi connectivity index (χ2v) is 8.51. The zero-order valence-corrected chi connectivity index (χ0v) is 19.7. The number of benzene rings is 2. The van der Waals surface area contributed by atoms with E-state index in [1.165, 1.54) is 5.01 Å². The lowest BCUT2D eigenvalue weighted by atomic mass is 10.0. The fourth-order valence-corrected chi connectivity index (χ4v) is 4.11. The number of fused-ring (bicyclic) bond motifs is 1. The smallest absolute Gasteiger partial charge is 0.328 e. The standard InChI is InChI=1S/C28H23N5O4/c34-25-16-23(26(25)35)33(31-17-21-6-3-4-13-29-21)24(28(36)37)15-18-8-10-20(11-9-18)32-27-22-7-2-1-5-19(22)12-14-30-27/h1-14,16,24,31H,15,17H2,(H,30,32)(H,36,37). The third kappa shape index (κ3) is 5.21. The van der Waals surface area contributed by atoms with E-state index in [2.05, 4.69) is 20.7 Å². The summed E-state index contributed by atoms with van der Waals surface area (Å²) in [5.74, 6) is -0.414. The Labute approximate surface area is 211 Å². The number of nitrogens with one attached hydrogen (secondary N) is 2. The number of pyridine rings is 2. The predicted octanol–water partition coefficient (Wildman–Crippen LogP) is 3.18. The highest BCUT2D eigenvalue weighted by atomic mass is 16.4. The number of hydrogen-bond donors (Lipinski definition) is 3. The van der Waals surface area contributed by atoms with E-state index < -0.39 is 22.9 Å². The molecule has 184 valence electrons. The molecule has 0 radical (unpaired) electrons. The van der Waals surface area contributed by atoms with Gasteiger partial charge in [0.1, 0.15) is 17.5 Å². The highest BCUT2D eigenvalue weighted by Crippen LogP contribution is 2.24. The lowest BCUT2D eigenvalue weighted by molar-refractivity contribution is -0.138. The molecule has 0 saturated carbocycles. The number of carbonyl (C=O) groups is 1. The van der Waals surface area contributed by atoms with Gasteiger partial charge in [-0.15, -0.1) is 0 Å². The van der Waals surface area contributed by atoms with Crippen molar-refractivity contribution >= 4 is 33.9 Å². The number of hydrazine groups is 1. The summed E-state index contributed by atoms with van der Waals surface area (Å²) in [7, 11) is 0. The molecular weight excluding hydrogens is 470 g/mol. The molecule has 2 aromatic heterocycles. The first-order valence-electron chi connectivity index (χ1n) is 11.6. The normalized spacial score (nSPS) is 11.9. The largest absolute Gasteiger partial charge is 0.480 e. The number of hydrogen-bond acceptors (Lipinski definition) is 8. The molecule has 5 aromatic rings.